The molecule has 5 rings (SSSR count). The minimum absolute atomic E-state index is 0.0850. The summed E-state index contributed by atoms with van der Waals surface area (Å²) in [5, 5.41) is 3.70. The highest BCUT2D eigenvalue weighted by Gasteiger charge is 2.52. The fraction of sp³-hybridized carbons (Fsp3) is 0.556. The molecule has 154 valence electrons. The Balaban J connectivity index is 1.40. The molecule has 2 aromatic rings. The van der Waals surface area contributed by atoms with Crippen LogP contribution in [0.2, 0.25) is 0 Å². The van der Waals surface area contributed by atoms with Gasteiger partial charge in [0.05, 0.1) is 0 Å². The van der Waals surface area contributed by atoms with Crippen LogP contribution in [0.5, 0.6) is 0 Å². The zero-order valence-electron chi connectivity index (χ0n) is 18.6. The number of nitrogens with zero attached hydrogens (tertiary/aromatic N) is 1. The third-order valence-electron chi connectivity index (χ3n) is 7.90. The van der Waals surface area contributed by atoms with Crippen LogP contribution in [-0.2, 0) is 30.3 Å². The van der Waals surface area contributed by atoms with Gasteiger partial charge in [-0.25, -0.2) is 0 Å². The summed E-state index contributed by atoms with van der Waals surface area (Å²) in [7, 11) is 0. The Morgan fingerprint density at radius 3 is 2.52 bits per heavy atom. The second kappa shape index (κ2) is 6.96. The molecular weight excluding hydrogens is 352 g/mol. The number of nitrogens with one attached hydrogen (secondary N) is 1. The van der Waals surface area contributed by atoms with E-state index in [1.165, 1.54) is 54.6 Å². The van der Waals surface area contributed by atoms with Gasteiger partial charge >= 0.3 is 0 Å². The number of rotatable bonds is 4. The molecule has 29 heavy (non-hydrogen) atoms. The third-order valence-corrected chi connectivity index (χ3v) is 7.90. The molecule has 2 nitrogen and oxygen atoms in total. The van der Waals surface area contributed by atoms with Crippen LogP contribution in [0.25, 0.3) is 0 Å². The standard InChI is InChI=1S/C27H36N2/c1-5-20-6-7-22-11-15-29(27(12-13-27)25(22)16-20)18-19(2)23-9-8-21-10-14-28-26(3,4)24(21)17-23/h6-9,16-17,19,28H,5,10-15,18H2,1-4H3. The quantitative estimate of drug-likeness (QED) is 0.766. The molecule has 1 spiro atoms. The maximum absolute atomic E-state index is 3.70. The van der Waals surface area contributed by atoms with Gasteiger partial charge in [-0.3, -0.25) is 4.90 Å². The third kappa shape index (κ3) is 3.25. The fourth-order valence-corrected chi connectivity index (χ4v) is 5.85. The summed E-state index contributed by atoms with van der Waals surface area (Å²) in [6, 6.07) is 14.6. The lowest BCUT2D eigenvalue weighted by Crippen LogP contribution is -2.44. The van der Waals surface area contributed by atoms with Crippen molar-refractivity contribution in [3.8, 4) is 0 Å². The van der Waals surface area contributed by atoms with Crippen molar-refractivity contribution in [1.82, 2.24) is 10.2 Å². The average molecular weight is 389 g/mol. The molecule has 1 unspecified atom stereocenters. The van der Waals surface area contributed by atoms with Gasteiger partial charge in [-0.05, 0) is 91.8 Å². The van der Waals surface area contributed by atoms with E-state index in [1.807, 2.05) is 0 Å². The van der Waals surface area contributed by atoms with Crippen LogP contribution in [0.1, 0.15) is 79.8 Å². The number of fused-ring (bicyclic) bond motifs is 3. The summed E-state index contributed by atoms with van der Waals surface area (Å²) in [4.78, 5) is 2.82. The molecule has 2 heteroatoms. The van der Waals surface area contributed by atoms with Gasteiger partial charge in [0, 0.05) is 24.2 Å². The van der Waals surface area contributed by atoms with Gasteiger partial charge in [-0.2, -0.15) is 0 Å². The van der Waals surface area contributed by atoms with E-state index in [-0.39, 0.29) is 5.54 Å². The molecule has 0 radical (unpaired) electrons. The fourth-order valence-electron chi connectivity index (χ4n) is 5.85. The van der Waals surface area contributed by atoms with Gasteiger partial charge in [-0.1, -0.05) is 50.2 Å². The number of aryl methyl sites for hydroxylation is 1. The Kier molecular flexibility index (Phi) is 4.64. The maximum atomic E-state index is 3.70. The molecule has 1 saturated carbocycles. The predicted molar refractivity (Wildman–Crippen MR) is 122 cm³/mol. The van der Waals surface area contributed by atoms with Crippen LogP contribution < -0.4 is 5.32 Å². The molecule has 0 amide bonds. The summed E-state index contributed by atoms with van der Waals surface area (Å²) >= 11 is 0. The number of benzene rings is 2. The lowest BCUT2D eigenvalue weighted by molar-refractivity contribution is 0.155. The van der Waals surface area contributed by atoms with Crippen molar-refractivity contribution in [3.63, 3.8) is 0 Å². The van der Waals surface area contributed by atoms with Crippen LogP contribution in [0.15, 0.2) is 36.4 Å². The summed E-state index contributed by atoms with van der Waals surface area (Å²) in [5.41, 5.74) is 9.70. The lowest BCUT2D eigenvalue weighted by Gasteiger charge is -2.40. The molecule has 3 aliphatic rings. The first-order chi connectivity index (χ1) is 13.9. The van der Waals surface area contributed by atoms with Crippen molar-refractivity contribution < 1.29 is 0 Å². The van der Waals surface area contributed by atoms with E-state index < -0.39 is 0 Å². The molecule has 1 fully saturated rings. The van der Waals surface area contributed by atoms with Crippen LogP contribution in [-0.4, -0.2) is 24.5 Å². The molecule has 2 aromatic carbocycles. The molecule has 0 bridgehead atoms. The van der Waals surface area contributed by atoms with Crippen LogP contribution >= 0.6 is 0 Å². The van der Waals surface area contributed by atoms with Crippen LogP contribution in [0.4, 0.5) is 0 Å². The molecule has 2 heterocycles. The van der Waals surface area contributed by atoms with Crippen molar-refractivity contribution >= 4 is 0 Å². The van der Waals surface area contributed by atoms with Gasteiger partial charge < -0.3 is 5.32 Å². The smallest absolute Gasteiger partial charge is 0.0465 e. The largest absolute Gasteiger partial charge is 0.307 e. The van der Waals surface area contributed by atoms with Gasteiger partial charge in [0.2, 0.25) is 0 Å². The summed E-state index contributed by atoms with van der Waals surface area (Å²) in [6.45, 7) is 12.8. The zero-order chi connectivity index (χ0) is 20.2. The van der Waals surface area contributed by atoms with E-state index in [4.69, 9.17) is 0 Å². The lowest BCUT2D eigenvalue weighted by atomic mass is 9.82. The first kappa shape index (κ1) is 19.3. The Bertz CT molecular complexity index is 922. The zero-order valence-corrected chi connectivity index (χ0v) is 18.6. The van der Waals surface area contributed by atoms with Crippen molar-refractivity contribution in [2.75, 3.05) is 19.6 Å². The van der Waals surface area contributed by atoms with E-state index in [0.717, 1.165) is 19.4 Å². The molecule has 1 atom stereocenters. The summed E-state index contributed by atoms with van der Waals surface area (Å²) in [5.74, 6) is 0.561. The van der Waals surface area contributed by atoms with E-state index in [0.29, 0.717) is 11.5 Å². The van der Waals surface area contributed by atoms with Gasteiger partial charge in [0.25, 0.3) is 0 Å². The first-order valence-corrected chi connectivity index (χ1v) is 11.7. The molecule has 0 aromatic heterocycles. The second-order valence-electron chi connectivity index (χ2n) is 10.2. The molecule has 1 N–H and O–H groups in total. The predicted octanol–water partition coefficient (Wildman–Crippen LogP) is 5.28. The Labute approximate surface area is 176 Å². The monoisotopic (exact) mass is 388 g/mol. The van der Waals surface area contributed by atoms with Crippen LogP contribution in [0.3, 0.4) is 0 Å². The van der Waals surface area contributed by atoms with E-state index in [9.17, 15) is 0 Å². The summed E-state index contributed by atoms with van der Waals surface area (Å²) < 4.78 is 0. The molecule has 0 saturated heterocycles. The second-order valence-corrected chi connectivity index (χ2v) is 10.2. The van der Waals surface area contributed by atoms with Gasteiger partial charge in [0.1, 0.15) is 0 Å². The highest BCUT2D eigenvalue weighted by atomic mass is 15.2. The normalized spacial score (nSPS) is 22.8. The average Bonchev–Trinajstić information content (AvgIpc) is 3.51. The van der Waals surface area contributed by atoms with Crippen LogP contribution in [0, 0.1) is 0 Å². The van der Waals surface area contributed by atoms with E-state index in [1.54, 1.807) is 11.1 Å². The molecular formula is C27H36N2. The topological polar surface area (TPSA) is 15.3 Å². The number of hydrogen-bond acceptors (Lipinski definition) is 2. The SMILES string of the molecule is CCc1ccc2c(c1)C1(CC1)N(CC(C)c1ccc3c(c1)C(C)(C)NCC3)CC2. The maximum Gasteiger partial charge on any atom is 0.0465 e. The first-order valence-electron chi connectivity index (χ1n) is 11.7. The Morgan fingerprint density at radius 1 is 1.00 bits per heavy atom. The van der Waals surface area contributed by atoms with Crippen molar-refractivity contribution in [1.29, 1.82) is 0 Å². The highest BCUT2D eigenvalue weighted by Crippen LogP contribution is 2.54. The minimum Gasteiger partial charge on any atom is -0.307 e. The molecule has 2 aliphatic heterocycles. The van der Waals surface area contributed by atoms with Crippen molar-refractivity contribution in [2.45, 2.75) is 76.8 Å². The Hall–Kier alpha value is -1.64. The van der Waals surface area contributed by atoms with E-state index in [2.05, 4.69) is 74.3 Å². The van der Waals surface area contributed by atoms with Gasteiger partial charge in [0.15, 0.2) is 0 Å². The minimum atomic E-state index is 0.0850. The number of hydrogen-bond donors (Lipinski definition) is 1. The highest BCUT2D eigenvalue weighted by molar-refractivity contribution is 5.44. The van der Waals surface area contributed by atoms with E-state index >= 15 is 0 Å². The Morgan fingerprint density at radius 2 is 1.76 bits per heavy atom. The van der Waals surface area contributed by atoms with Crippen molar-refractivity contribution in [2.24, 2.45) is 0 Å². The summed E-state index contributed by atoms with van der Waals surface area (Å²) in [6.07, 6.45) is 6.16. The van der Waals surface area contributed by atoms with Gasteiger partial charge in [-0.15, -0.1) is 0 Å². The van der Waals surface area contributed by atoms with Crippen molar-refractivity contribution in [3.05, 3.63) is 69.8 Å². The molecule has 1 aliphatic carbocycles.